The van der Waals surface area contributed by atoms with E-state index >= 15 is 0 Å². The van der Waals surface area contributed by atoms with Crippen LogP contribution in [0.15, 0.2) is 11.8 Å². The Labute approximate surface area is 216 Å². The summed E-state index contributed by atoms with van der Waals surface area (Å²) >= 11 is 0. The van der Waals surface area contributed by atoms with E-state index in [-0.39, 0.29) is 19.8 Å². The van der Waals surface area contributed by atoms with Crippen LogP contribution in [0, 0.1) is 0 Å². The molecule has 0 bridgehead atoms. The van der Waals surface area contributed by atoms with Crippen molar-refractivity contribution in [3.63, 3.8) is 0 Å². The van der Waals surface area contributed by atoms with E-state index in [9.17, 15) is 45.5 Å². The third-order valence-electron chi connectivity index (χ3n) is 3.20. The highest BCUT2D eigenvalue weighted by Gasteiger charge is 2.44. The van der Waals surface area contributed by atoms with Crippen molar-refractivity contribution in [1.82, 2.24) is 0 Å². The Balaban J connectivity index is -0.000000499. The molecule has 10 nitrogen and oxygen atoms in total. The Bertz CT molecular complexity index is 706. The molecule has 0 aromatic rings. The fraction of sp³-hybridized carbons (Fsp3) is 0.727. The normalized spacial score (nSPS) is 11.4. The van der Waals surface area contributed by atoms with Crippen LogP contribution in [0.4, 0.5) is 26.3 Å². The van der Waals surface area contributed by atoms with Gasteiger partial charge in [-0.15, -0.1) is 0 Å². The van der Waals surface area contributed by atoms with Gasteiger partial charge in [-0.2, -0.15) is 26.3 Å². The van der Waals surface area contributed by atoms with Crippen LogP contribution in [0.2, 0.25) is 0 Å². The van der Waals surface area contributed by atoms with Crippen molar-refractivity contribution in [2.24, 2.45) is 0 Å². The first-order chi connectivity index (χ1) is 17.6. The molecule has 0 N–H and O–H groups in total. The number of rotatable bonds is 14. The third kappa shape index (κ3) is 21.4. The SMILES string of the molecule is CCO/C=C(\C(=O)OCC)C(=O)C(F)(F)F.CCOC(=O)CC(=O)C(F)(F)F.CCOC(OCC)OCC. The molecule has 0 aliphatic carbocycles. The van der Waals surface area contributed by atoms with E-state index in [2.05, 4.69) is 14.2 Å². The monoisotopic (exact) mass is 572 g/mol. The molecule has 0 fully saturated rings. The molecule has 0 unspecified atom stereocenters. The molecule has 0 amide bonds. The Morgan fingerprint density at radius 3 is 1.42 bits per heavy atom. The molecule has 0 saturated carbocycles. The van der Waals surface area contributed by atoms with Crippen LogP contribution >= 0.6 is 0 Å². The van der Waals surface area contributed by atoms with Gasteiger partial charge in [0, 0.05) is 19.8 Å². The largest absolute Gasteiger partial charge is 0.500 e. The average Bonchev–Trinajstić information content (AvgIpc) is 2.79. The summed E-state index contributed by atoms with van der Waals surface area (Å²) in [5.74, 6) is -6.86. The molecule has 0 atom stereocenters. The van der Waals surface area contributed by atoms with E-state index in [4.69, 9.17) is 14.2 Å². The van der Waals surface area contributed by atoms with Crippen molar-refractivity contribution < 1.29 is 73.9 Å². The maximum absolute atomic E-state index is 12.1. The number of ether oxygens (including phenoxy) is 6. The number of carbonyl (C=O) groups excluding carboxylic acids is 4. The molecule has 16 heteroatoms. The highest BCUT2D eigenvalue weighted by atomic mass is 19.4. The smallest absolute Gasteiger partial charge is 0.455 e. The van der Waals surface area contributed by atoms with Crippen LogP contribution in [-0.2, 0) is 47.6 Å². The molecule has 224 valence electrons. The van der Waals surface area contributed by atoms with Crippen molar-refractivity contribution in [1.29, 1.82) is 0 Å². The van der Waals surface area contributed by atoms with Crippen LogP contribution in [0.1, 0.15) is 48.0 Å². The molecule has 0 heterocycles. The van der Waals surface area contributed by atoms with E-state index in [0.29, 0.717) is 26.1 Å². The number of carbonyl (C=O) groups is 4. The first-order valence-corrected chi connectivity index (χ1v) is 11.3. The topological polar surface area (TPSA) is 124 Å². The van der Waals surface area contributed by atoms with E-state index in [1.54, 1.807) is 0 Å². The van der Waals surface area contributed by atoms with Crippen molar-refractivity contribution >= 4 is 23.5 Å². The van der Waals surface area contributed by atoms with Crippen LogP contribution in [0.5, 0.6) is 0 Å². The summed E-state index contributed by atoms with van der Waals surface area (Å²) in [6.45, 7) is 11.3. The van der Waals surface area contributed by atoms with Gasteiger partial charge in [0.1, 0.15) is 18.3 Å². The average molecular weight is 572 g/mol. The van der Waals surface area contributed by atoms with Gasteiger partial charge in [0.2, 0.25) is 5.78 Å². The molecule has 38 heavy (non-hydrogen) atoms. The lowest BCUT2D eigenvalue weighted by molar-refractivity contribution is -0.282. The summed E-state index contributed by atoms with van der Waals surface area (Å²) in [4.78, 5) is 42.3. The lowest BCUT2D eigenvalue weighted by Gasteiger charge is -2.15. The Morgan fingerprint density at radius 2 is 1.11 bits per heavy atom. The first kappa shape index (κ1) is 39.8. The number of halogens is 6. The number of alkyl halides is 6. The van der Waals surface area contributed by atoms with Crippen LogP contribution in [0.25, 0.3) is 0 Å². The van der Waals surface area contributed by atoms with Crippen LogP contribution < -0.4 is 0 Å². The van der Waals surface area contributed by atoms with Gasteiger partial charge in [-0.05, 0) is 41.5 Å². The Hall–Kier alpha value is -2.72. The number of hydrogen-bond donors (Lipinski definition) is 0. The first-order valence-electron chi connectivity index (χ1n) is 11.3. The van der Waals surface area contributed by atoms with Crippen molar-refractivity contribution in [3.05, 3.63) is 11.8 Å². The second-order valence-corrected chi connectivity index (χ2v) is 6.09. The lowest BCUT2D eigenvalue weighted by Crippen LogP contribution is -2.29. The Morgan fingerprint density at radius 1 is 0.658 bits per heavy atom. The van der Waals surface area contributed by atoms with Gasteiger partial charge in [-0.25, -0.2) is 4.79 Å². The molecular formula is C22H34F6O10. The van der Waals surface area contributed by atoms with Crippen LogP contribution in [-0.4, -0.2) is 82.0 Å². The minimum atomic E-state index is -5.13. The molecule has 0 spiro atoms. The molecule has 0 aliphatic rings. The van der Waals surface area contributed by atoms with Gasteiger partial charge in [-0.3, -0.25) is 14.4 Å². The van der Waals surface area contributed by atoms with Gasteiger partial charge in [-0.1, -0.05) is 0 Å². The summed E-state index contributed by atoms with van der Waals surface area (Å²) in [5, 5.41) is 0. The lowest BCUT2D eigenvalue weighted by atomic mass is 10.2. The van der Waals surface area contributed by atoms with Gasteiger partial charge in [0.15, 0.2) is 0 Å². The van der Waals surface area contributed by atoms with Crippen molar-refractivity contribution in [2.45, 2.75) is 66.8 Å². The zero-order valence-electron chi connectivity index (χ0n) is 22.0. The number of Topliss-reactive ketones (excluding diaryl/α,β-unsaturated/α-hetero) is 2. The number of esters is 2. The van der Waals surface area contributed by atoms with E-state index in [0.717, 1.165) is 0 Å². The summed E-state index contributed by atoms with van der Waals surface area (Å²) < 4.78 is 98.9. The van der Waals surface area contributed by atoms with E-state index < -0.39 is 54.3 Å². The van der Waals surface area contributed by atoms with Gasteiger partial charge < -0.3 is 28.4 Å². The van der Waals surface area contributed by atoms with Crippen molar-refractivity contribution in [3.8, 4) is 0 Å². The predicted molar refractivity (Wildman–Crippen MR) is 118 cm³/mol. The number of hydrogen-bond acceptors (Lipinski definition) is 10. The predicted octanol–water partition coefficient (Wildman–Crippen LogP) is 4.05. The van der Waals surface area contributed by atoms with Gasteiger partial charge in [0.05, 0.1) is 19.8 Å². The molecular weight excluding hydrogens is 538 g/mol. The summed E-state index contributed by atoms with van der Waals surface area (Å²) in [7, 11) is 0. The minimum Gasteiger partial charge on any atom is -0.500 e. The fourth-order valence-electron chi connectivity index (χ4n) is 1.72. The molecule has 0 aromatic carbocycles. The third-order valence-corrected chi connectivity index (χ3v) is 3.20. The Kier molecular flexibility index (Phi) is 23.3. The zero-order chi connectivity index (χ0) is 30.4. The highest BCUT2D eigenvalue weighted by molar-refractivity contribution is 6.19. The summed E-state index contributed by atoms with van der Waals surface area (Å²) in [6, 6.07) is 0. The highest BCUT2D eigenvalue weighted by Crippen LogP contribution is 2.21. The molecule has 0 rings (SSSR count). The van der Waals surface area contributed by atoms with Gasteiger partial charge in [0.25, 0.3) is 12.3 Å². The standard InChI is InChI=1S/C9H11F3O4.C7H16O3.C6H7F3O3/c1-3-15-5-6(8(14)16-4-2)7(13)9(10,11)12;1-4-8-7(9-5-2)10-6-3;1-2-12-5(11)3-4(10)6(7,8)9/h5H,3-4H2,1-2H3;7H,4-6H2,1-3H3;2-3H2,1H3/b6-5-;;. The van der Waals surface area contributed by atoms with Crippen molar-refractivity contribution in [2.75, 3.05) is 39.6 Å². The van der Waals surface area contributed by atoms with Gasteiger partial charge >= 0.3 is 24.3 Å². The number of ketones is 2. The maximum atomic E-state index is 12.1. The van der Waals surface area contributed by atoms with E-state index in [1.807, 2.05) is 20.8 Å². The quantitative estimate of drug-likeness (QED) is 0.0573. The van der Waals surface area contributed by atoms with E-state index in [1.165, 1.54) is 20.8 Å². The molecule has 0 saturated heterocycles. The summed E-state index contributed by atoms with van der Waals surface area (Å²) in [5.41, 5.74) is -1.16. The minimum absolute atomic E-state index is 0.0358. The van der Waals surface area contributed by atoms with Crippen LogP contribution in [0.3, 0.4) is 0 Å². The fourth-order valence-corrected chi connectivity index (χ4v) is 1.72. The molecule has 0 radical (unpaired) electrons. The maximum Gasteiger partial charge on any atom is 0.455 e. The molecule has 0 aliphatic heterocycles. The second-order valence-electron chi connectivity index (χ2n) is 6.09. The summed E-state index contributed by atoms with van der Waals surface area (Å²) in [6.07, 6.45) is -10.9. The second kappa shape index (κ2) is 22.3. The molecule has 0 aromatic heterocycles. The zero-order valence-corrected chi connectivity index (χ0v) is 22.0.